The lowest BCUT2D eigenvalue weighted by molar-refractivity contribution is -0.266. The lowest BCUT2D eigenvalue weighted by Crippen LogP contribution is -2.56. The Balaban J connectivity index is 1.53. The molecule has 3 fully saturated rings. The van der Waals surface area contributed by atoms with Crippen LogP contribution in [0.3, 0.4) is 0 Å². The second-order valence-corrected chi connectivity index (χ2v) is 15.5. The summed E-state index contributed by atoms with van der Waals surface area (Å²) in [6, 6.07) is 9.84. The fourth-order valence-corrected chi connectivity index (χ4v) is 5.41. The Hall–Kier alpha value is -0.843. The average molecular weight is 453 g/mol. The Labute approximate surface area is 186 Å². The van der Waals surface area contributed by atoms with Crippen LogP contribution < -0.4 is 0 Å². The first kappa shape index (κ1) is 23.3. The Morgan fingerprint density at radius 3 is 2.32 bits per heavy atom. The van der Waals surface area contributed by atoms with Crippen molar-refractivity contribution < 1.29 is 33.2 Å². The molecule has 1 unspecified atom stereocenters. The molecule has 0 aromatic heterocycles. The van der Waals surface area contributed by atoms with Crippen LogP contribution >= 0.6 is 0 Å². The molecule has 1 aromatic rings. The predicted octanol–water partition coefficient (Wildman–Crippen LogP) is 3.56. The molecule has 3 heterocycles. The van der Waals surface area contributed by atoms with Crippen LogP contribution in [-0.2, 0) is 34.7 Å². The summed E-state index contributed by atoms with van der Waals surface area (Å²) >= 11 is 0. The van der Waals surface area contributed by atoms with E-state index >= 15 is 0 Å². The summed E-state index contributed by atoms with van der Waals surface area (Å²) in [5, 5.41) is 11.5. The molecule has 4 rings (SSSR count). The topological polar surface area (TPSA) is 75.6 Å². The van der Waals surface area contributed by atoms with Gasteiger partial charge >= 0.3 is 0 Å². The van der Waals surface area contributed by atoms with Gasteiger partial charge in [0.1, 0.15) is 31.0 Å². The van der Waals surface area contributed by atoms with Crippen LogP contribution in [0.5, 0.6) is 0 Å². The summed E-state index contributed by atoms with van der Waals surface area (Å²) in [4.78, 5) is 0. The second kappa shape index (κ2) is 7.88. The Kier molecular flexibility index (Phi) is 5.93. The van der Waals surface area contributed by atoms with Crippen LogP contribution in [0.25, 0.3) is 0 Å². The Morgan fingerprint density at radius 2 is 1.68 bits per heavy atom. The number of ether oxygens (including phenoxy) is 5. The van der Waals surface area contributed by atoms with Crippen molar-refractivity contribution in [3.8, 4) is 0 Å². The van der Waals surface area contributed by atoms with Crippen molar-refractivity contribution in [3.63, 3.8) is 0 Å². The van der Waals surface area contributed by atoms with Gasteiger partial charge in [-0.1, -0.05) is 51.1 Å². The lowest BCUT2D eigenvalue weighted by atomic mass is 10.0. The fraction of sp³-hybridized carbons (Fsp3) is 0.739. The number of hydrogen-bond donors (Lipinski definition) is 1. The van der Waals surface area contributed by atoms with Crippen LogP contribution in [0.2, 0.25) is 18.1 Å². The molecule has 8 heteroatoms. The quantitative estimate of drug-likeness (QED) is 0.662. The fourth-order valence-electron chi connectivity index (χ4n) is 4.10. The average Bonchev–Trinajstić information content (AvgIpc) is 3.21. The van der Waals surface area contributed by atoms with Gasteiger partial charge in [-0.3, -0.25) is 0 Å². The summed E-state index contributed by atoms with van der Waals surface area (Å²) in [5.41, 5.74) is 1.02. The highest BCUT2D eigenvalue weighted by Gasteiger charge is 2.68. The highest BCUT2D eigenvalue weighted by atomic mass is 28.4. The molecule has 3 saturated heterocycles. The van der Waals surface area contributed by atoms with E-state index in [1.165, 1.54) is 0 Å². The van der Waals surface area contributed by atoms with Gasteiger partial charge in [0, 0.05) is 0 Å². The molecule has 6 atom stereocenters. The van der Waals surface area contributed by atoms with E-state index in [9.17, 15) is 5.11 Å². The van der Waals surface area contributed by atoms with Gasteiger partial charge in [-0.25, -0.2) is 0 Å². The third-order valence-corrected chi connectivity index (χ3v) is 11.2. The second-order valence-electron chi connectivity index (χ2n) is 10.8. The largest absolute Gasteiger partial charge is 0.406 e. The summed E-state index contributed by atoms with van der Waals surface area (Å²) in [6.45, 7) is 14.8. The first-order chi connectivity index (χ1) is 14.3. The third kappa shape index (κ3) is 4.50. The van der Waals surface area contributed by atoms with Crippen molar-refractivity contribution in [1.82, 2.24) is 0 Å². The van der Waals surface area contributed by atoms with E-state index in [4.69, 9.17) is 28.1 Å². The van der Waals surface area contributed by atoms with E-state index in [1.807, 2.05) is 44.2 Å². The maximum atomic E-state index is 11.6. The lowest BCUT2D eigenvalue weighted by Gasteiger charge is -2.42. The third-order valence-electron chi connectivity index (χ3n) is 6.76. The van der Waals surface area contributed by atoms with Gasteiger partial charge in [0.2, 0.25) is 5.79 Å². The molecule has 7 nitrogen and oxygen atoms in total. The molecule has 0 amide bonds. The van der Waals surface area contributed by atoms with Gasteiger partial charge in [0.15, 0.2) is 20.4 Å². The summed E-state index contributed by atoms with van der Waals surface area (Å²) in [6.07, 6.45) is -2.65. The van der Waals surface area contributed by atoms with Crippen LogP contribution in [0, 0.1) is 0 Å². The van der Waals surface area contributed by atoms with Gasteiger partial charge < -0.3 is 33.2 Å². The van der Waals surface area contributed by atoms with Gasteiger partial charge in [-0.05, 0) is 37.5 Å². The summed E-state index contributed by atoms with van der Waals surface area (Å²) in [5.74, 6) is -2.40. The number of hydrogen-bond acceptors (Lipinski definition) is 7. The van der Waals surface area contributed by atoms with E-state index in [0.717, 1.165) is 5.56 Å². The Bertz CT molecular complexity index is 778. The maximum absolute atomic E-state index is 11.6. The number of benzene rings is 1. The molecule has 3 aliphatic heterocycles. The molecule has 0 radical (unpaired) electrons. The summed E-state index contributed by atoms with van der Waals surface area (Å²) < 4.78 is 36.8. The number of fused-ring (bicyclic) bond motifs is 3. The van der Waals surface area contributed by atoms with Crippen molar-refractivity contribution >= 4 is 8.32 Å². The standard InChI is InChI=1S/C23H36O7Si/c1-21(2,3)31(6,7)30-19-17-16(18-20(26-17)29-22(4,5)27-18)28-23(19,24)14-25-13-15-11-9-8-10-12-15/h8-12,16-20,24H,13-14H2,1-7H3/t16-,17-,18+,19-,20+,23?/m0/s1. The van der Waals surface area contributed by atoms with Crippen molar-refractivity contribution in [3.05, 3.63) is 35.9 Å². The number of aliphatic hydroxyl groups is 1. The van der Waals surface area contributed by atoms with E-state index in [2.05, 4.69) is 33.9 Å². The van der Waals surface area contributed by atoms with E-state index in [1.54, 1.807) is 0 Å². The van der Waals surface area contributed by atoms with E-state index in [-0.39, 0.29) is 11.6 Å². The predicted molar refractivity (Wildman–Crippen MR) is 117 cm³/mol. The van der Waals surface area contributed by atoms with Crippen LogP contribution in [-0.4, -0.2) is 62.3 Å². The van der Waals surface area contributed by atoms with Crippen molar-refractivity contribution in [2.24, 2.45) is 0 Å². The summed E-state index contributed by atoms with van der Waals surface area (Å²) in [7, 11) is -2.24. The zero-order valence-electron chi connectivity index (χ0n) is 19.6. The molecular formula is C23H36O7Si. The molecule has 1 N–H and O–H groups in total. The first-order valence-corrected chi connectivity index (χ1v) is 13.9. The number of rotatable bonds is 6. The zero-order chi connectivity index (χ0) is 22.7. The molecule has 0 bridgehead atoms. The molecule has 1 aromatic carbocycles. The minimum atomic E-state index is -2.24. The van der Waals surface area contributed by atoms with Crippen molar-refractivity contribution in [2.45, 2.75) is 102 Å². The van der Waals surface area contributed by atoms with Crippen LogP contribution in [0.4, 0.5) is 0 Å². The van der Waals surface area contributed by atoms with Crippen LogP contribution in [0.15, 0.2) is 30.3 Å². The smallest absolute Gasteiger partial charge is 0.218 e. The normalized spacial score (nSPS) is 37.1. The minimum absolute atomic E-state index is 0.0286. The van der Waals surface area contributed by atoms with E-state index < -0.39 is 50.6 Å². The molecular weight excluding hydrogens is 416 g/mol. The SMILES string of the molecule is CC1(C)O[C@H]2O[C@H]3[C@H](OC(O)(COCc4ccccc4)[C@H]3O[Si](C)(C)C(C)(C)C)[C@H]2O1. The van der Waals surface area contributed by atoms with E-state index in [0.29, 0.717) is 6.61 Å². The first-order valence-electron chi connectivity index (χ1n) is 11.0. The molecule has 0 spiro atoms. The van der Waals surface area contributed by atoms with Gasteiger partial charge in [0.25, 0.3) is 0 Å². The highest BCUT2D eigenvalue weighted by molar-refractivity contribution is 6.74. The van der Waals surface area contributed by atoms with Gasteiger partial charge in [0.05, 0.1) is 6.61 Å². The maximum Gasteiger partial charge on any atom is 0.218 e. The zero-order valence-corrected chi connectivity index (χ0v) is 20.6. The van der Waals surface area contributed by atoms with Gasteiger partial charge in [-0.2, -0.15) is 0 Å². The molecule has 0 aliphatic carbocycles. The van der Waals surface area contributed by atoms with Gasteiger partial charge in [-0.15, -0.1) is 0 Å². The molecule has 0 saturated carbocycles. The molecule has 31 heavy (non-hydrogen) atoms. The monoisotopic (exact) mass is 452 g/mol. The van der Waals surface area contributed by atoms with Crippen molar-refractivity contribution in [2.75, 3.05) is 6.61 Å². The van der Waals surface area contributed by atoms with Crippen LogP contribution in [0.1, 0.15) is 40.2 Å². The van der Waals surface area contributed by atoms with Crippen molar-refractivity contribution in [1.29, 1.82) is 0 Å². The minimum Gasteiger partial charge on any atom is -0.406 e. The Morgan fingerprint density at radius 1 is 1.00 bits per heavy atom. The molecule has 174 valence electrons. The highest BCUT2D eigenvalue weighted by Crippen LogP contribution is 2.49. The molecule has 3 aliphatic rings.